The minimum Gasteiger partial charge on any atom is -0.490 e. The largest absolute Gasteiger partial charge is 0.490 e. The molecule has 0 bridgehead atoms. The molecule has 1 aromatic heterocycles. The molecular weight excluding hydrogens is 344 g/mol. The van der Waals surface area contributed by atoms with E-state index in [1.807, 2.05) is 0 Å². The molecule has 0 aliphatic carbocycles. The molecule has 1 aromatic carbocycles. The number of ether oxygens (including phenoxy) is 2. The molecule has 0 aliphatic heterocycles. The van der Waals surface area contributed by atoms with Gasteiger partial charge in [0.15, 0.2) is 11.5 Å². The number of aromatic carboxylic acids is 2. The van der Waals surface area contributed by atoms with E-state index in [4.69, 9.17) is 15.2 Å². The fourth-order valence-electron chi connectivity index (χ4n) is 2.54. The third kappa shape index (κ3) is 3.46. The third-order valence-electron chi connectivity index (χ3n) is 3.50. The van der Waals surface area contributed by atoms with Gasteiger partial charge in [-0.05, 0) is 31.5 Å². The van der Waals surface area contributed by atoms with E-state index in [1.54, 1.807) is 13.8 Å². The topological polar surface area (TPSA) is 152 Å². The van der Waals surface area contributed by atoms with Crippen molar-refractivity contribution in [3.05, 3.63) is 39.7 Å². The van der Waals surface area contributed by atoms with Crippen molar-refractivity contribution in [3.63, 3.8) is 0 Å². The fraction of sp³-hybridized carbons (Fsp3) is 0.235. The van der Waals surface area contributed by atoms with E-state index in [0.29, 0.717) is 24.7 Å². The maximum Gasteiger partial charge on any atom is 0.342 e. The third-order valence-corrected chi connectivity index (χ3v) is 3.50. The Balaban J connectivity index is 2.86. The van der Waals surface area contributed by atoms with Crippen LogP contribution in [0.2, 0.25) is 0 Å². The first kappa shape index (κ1) is 18.8. The van der Waals surface area contributed by atoms with Crippen molar-refractivity contribution < 1.29 is 29.3 Å². The van der Waals surface area contributed by atoms with Crippen LogP contribution in [0.5, 0.6) is 11.5 Å². The summed E-state index contributed by atoms with van der Waals surface area (Å²) < 4.78 is 10.9. The number of nitrogens with one attached hydrogen (secondary N) is 1. The molecule has 1 heterocycles. The number of carboxylic acids is 2. The first-order chi connectivity index (χ1) is 12.3. The number of carbonyl (C=O) groups is 2. The van der Waals surface area contributed by atoms with Crippen molar-refractivity contribution >= 4 is 17.8 Å². The zero-order chi connectivity index (χ0) is 19.4. The molecule has 9 heteroatoms. The highest BCUT2D eigenvalue weighted by atomic mass is 16.5. The number of carboxylic acid groups (broad SMARTS) is 2. The van der Waals surface area contributed by atoms with Crippen molar-refractivity contribution in [1.82, 2.24) is 4.98 Å². The summed E-state index contributed by atoms with van der Waals surface area (Å²) in [7, 11) is 0. The summed E-state index contributed by atoms with van der Waals surface area (Å²) in [6.45, 7) is 4.21. The molecule has 26 heavy (non-hydrogen) atoms. The molecule has 0 amide bonds. The van der Waals surface area contributed by atoms with Gasteiger partial charge in [-0.3, -0.25) is 4.79 Å². The number of H-pyrrole nitrogens is 1. The van der Waals surface area contributed by atoms with E-state index >= 15 is 0 Å². The van der Waals surface area contributed by atoms with Gasteiger partial charge in [0.2, 0.25) is 0 Å². The highest BCUT2D eigenvalue weighted by Crippen LogP contribution is 2.36. The summed E-state index contributed by atoms with van der Waals surface area (Å²) in [5.74, 6) is -2.78. The van der Waals surface area contributed by atoms with Gasteiger partial charge in [0.25, 0.3) is 5.56 Å². The van der Waals surface area contributed by atoms with E-state index in [0.717, 1.165) is 0 Å². The summed E-state index contributed by atoms with van der Waals surface area (Å²) >= 11 is 0. The molecule has 138 valence electrons. The second-order valence-corrected chi connectivity index (χ2v) is 5.13. The quantitative estimate of drug-likeness (QED) is 0.582. The Labute approximate surface area is 148 Å². The molecule has 0 aliphatic rings. The van der Waals surface area contributed by atoms with Gasteiger partial charge >= 0.3 is 11.9 Å². The molecule has 2 rings (SSSR count). The van der Waals surface area contributed by atoms with Gasteiger partial charge in [0, 0.05) is 5.56 Å². The van der Waals surface area contributed by atoms with Gasteiger partial charge in [-0.25, -0.2) is 9.59 Å². The van der Waals surface area contributed by atoms with Gasteiger partial charge < -0.3 is 30.4 Å². The van der Waals surface area contributed by atoms with Crippen molar-refractivity contribution in [2.75, 3.05) is 18.9 Å². The van der Waals surface area contributed by atoms with Crippen LogP contribution < -0.4 is 20.8 Å². The molecule has 0 saturated carbocycles. The Morgan fingerprint density at radius 1 is 1.04 bits per heavy atom. The average molecular weight is 362 g/mol. The van der Waals surface area contributed by atoms with Crippen molar-refractivity contribution in [2.24, 2.45) is 0 Å². The van der Waals surface area contributed by atoms with Crippen LogP contribution in [0.1, 0.15) is 34.6 Å². The van der Waals surface area contributed by atoms with E-state index in [-0.39, 0.29) is 11.1 Å². The van der Waals surface area contributed by atoms with Crippen LogP contribution >= 0.6 is 0 Å². The fourth-order valence-corrected chi connectivity index (χ4v) is 2.54. The number of aromatic amines is 1. The average Bonchev–Trinajstić information content (AvgIpc) is 2.55. The molecule has 0 radical (unpaired) electrons. The standard InChI is InChI=1S/C17H18N2O7/c1-3-25-9-6-5-8(7-10(9)26-4-2)11-12(16(21)22)14(18)19-15(20)13(11)17(23)24/h5-7H,3-4H2,1-2H3,(H,21,22)(H,23,24)(H3,18,19,20). The Morgan fingerprint density at radius 3 is 2.15 bits per heavy atom. The van der Waals surface area contributed by atoms with Gasteiger partial charge in [-0.1, -0.05) is 6.07 Å². The van der Waals surface area contributed by atoms with E-state index in [1.165, 1.54) is 18.2 Å². The predicted octanol–water partition coefficient (Wildman–Crippen LogP) is 1.82. The van der Waals surface area contributed by atoms with Crippen molar-refractivity contribution in [2.45, 2.75) is 13.8 Å². The first-order valence-corrected chi connectivity index (χ1v) is 7.74. The Bertz CT molecular complexity index is 918. The minimum absolute atomic E-state index is 0.157. The molecule has 0 saturated heterocycles. The number of hydrogen-bond donors (Lipinski definition) is 4. The van der Waals surface area contributed by atoms with Crippen LogP contribution in [0.15, 0.2) is 23.0 Å². The van der Waals surface area contributed by atoms with Crippen LogP contribution in [0, 0.1) is 0 Å². The van der Waals surface area contributed by atoms with Crippen LogP contribution in [-0.4, -0.2) is 40.3 Å². The number of hydrogen-bond acceptors (Lipinski definition) is 6. The van der Waals surface area contributed by atoms with Gasteiger partial charge in [0.1, 0.15) is 16.9 Å². The van der Waals surface area contributed by atoms with Gasteiger partial charge in [0.05, 0.1) is 13.2 Å². The molecule has 0 atom stereocenters. The highest BCUT2D eigenvalue weighted by molar-refractivity contribution is 6.07. The zero-order valence-electron chi connectivity index (χ0n) is 14.2. The number of anilines is 1. The second kappa shape index (κ2) is 7.60. The van der Waals surface area contributed by atoms with Crippen LogP contribution in [0.25, 0.3) is 11.1 Å². The lowest BCUT2D eigenvalue weighted by Crippen LogP contribution is -2.24. The number of nitrogen functional groups attached to an aromatic ring is 1. The monoisotopic (exact) mass is 362 g/mol. The molecule has 0 unspecified atom stereocenters. The minimum atomic E-state index is -1.57. The second-order valence-electron chi connectivity index (χ2n) is 5.13. The lowest BCUT2D eigenvalue weighted by Gasteiger charge is -2.15. The van der Waals surface area contributed by atoms with Crippen molar-refractivity contribution in [1.29, 1.82) is 0 Å². The molecule has 2 aromatic rings. The number of benzene rings is 1. The molecule has 0 spiro atoms. The van der Waals surface area contributed by atoms with E-state index in [2.05, 4.69) is 4.98 Å². The summed E-state index contributed by atoms with van der Waals surface area (Å²) in [4.78, 5) is 37.3. The number of pyridine rings is 1. The van der Waals surface area contributed by atoms with Gasteiger partial charge in [-0.15, -0.1) is 0 Å². The Kier molecular flexibility index (Phi) is 5.51. The maximum atomic E-state index is 12.1. The van der Waals surface area contributed by atoms with Crippen molar-refractivity contribution in [3.8, 4) is 22.6 Å². The summed E-state index contributed by atoms with van der Waals surface area (Å²) in [5, 5.41) is 18.9. The molecule has 0 fully saturated rings. The zero-order valence-corrected chi connectivity index (χ0v) is 14.2. The smallest absolute Gasteiger partial charge is 0.342 e. The Morgan fingerprint density at radius 2 is 1.62 bits per heavy atom. The molecule has 9 nitrogen and oxygen atoms in total. The molecular formula is C17H18N2O7. The van der Waals surface area contributed by atoms with E-state index in [9.17, 15) is 24.6 Å². The SMILES string of the molecule is CCOc1ccc(-c2c(C(=O)O)c(N)[nH]c(=O)c2C(=O)O)cc1OCC. The summed E-state index contributed by atoms with van der Waals surface area (Å²) in [6, 6.07) is 4.38. The number of aromatic nitrogens is 1. The predicted molar refractivity (Wildman–Crippen MR) is 93.2 cm³/mol. The number of nitrogens with two attached hydrogens (primary N) is 1. The van der Waals surface area contributed by atoms with Crippen LogP contribution in [0.4, 0.5) is 5.82 Å². The first-order valence-electron chi connectivity index (χ1n) is 7.74. The maximum absolute atomic E-state index is 12.1. The van der Waals surface area contributed by atoms with E-state index < -0.39 is 34.4 Å². The molecule has 5 N–H and O–H groups in total. The lowest BCUT2D eigenvalue weighted by atomic mass is 9.95. The Hall–Kier alpha value is -3.49. The number of rotatable bonds is 7. The highest BCUT2D eigenvalue weighted by Gasteiger charge is 2.27. The summed E-state index contributed by atoms with van der Waals surface area (Å²) in [5.41, 5.74) is 3.26. The van der Waals surface area contributed by atoms with Crippen LogP contribution in [0.3, 0.4) is 0 Å². The lowest BCUT2D eigenvalue weighted by molar-refractivity contribution is 0.0695. The normalized spacial score (nSPS) is 10.4. The summed E-state index contributed by atoms with van der Waals surface area (Å²) in [6.07, 6.45) is 0. The van der Waals surface area contributed by atoms with Crippen LogP contribution in [-0.2, 0) is 0 Å². The van der Waals surface area contributed by atoms with Gasteiger partial charge in [-0.2, -0.15) is 0 Å².